The Labute approximate surface area is 156 Å². The van der Waals surface area contributed by atoms with Gasteiger partial charge in [0, 0.05) is 13.6 Å². The molecule has 0 radical (unpaired) electrons. The molecule has 2 heterocycles. The maximum atomic E-state index is 13.4. The number of nitrogens with one attached hydrogen (secondary N) is 1. The van der Waals surface area contributed by atoms with Gasteiger partial charge in [-0.2, -0.15) is 5.10 Å². The molecule has 1 unspecified atom stereocenters. The molecule has 1 spiro atoms. The number of rotatable bonds is 2. The molecule has 144 valence electrons. The average Bonchev–Trinajstić information content (AvgIpc) is 3.13. The highest BCUT2D eigenvalue weighted by molar-refractivity contribution is 5.90. The number of halogens is 2. The molecule has 6 nitrogen and oxygen atoms in total. The maximum absolute atomic E-state index is 13.4. The van der Waals surface area contributed by atoms with Crippen molar-refractivity contribution in [2.75, 3.05) is 25.0 Å². The predicted octanol–water partition coefficient (Wildman–Crippen LogP) is 3.37. The van der Waals surface area contributed by atoms with Gasteiger partial charge in [0.25, 0.3) is 6.43 Å². The molecule has 0 saturated carbocycles. The molecule has 1 saturated heterocycles. The van der Waals surface area contributed by atoms with Crippen molar-refractivity contribution in [1.82, 2.24) is 14.7 Å². The number of aryl methyl sites for hydroxylation is 3. The third-order valence-corrected chi connectivity index (χ3v) is 5.48. The Bertz CT molecular complexity index is 879. The first-order valence-corrected chi connectivity index (χ1v) is 9.01. The normalized spacial score (nSPS) is 21.7. The van der Waals surface area contributed by atoms with Crippen LogP contribution >= 0.6 is 0 Å². The topological polar surface area (TPSA) is 59.4 Å². The van der Waals surface area contributed by atoms with E-state index < -0.39 is 18.1 Å². The lowest BCUT2D eigenvalue weighted by Gasteiger charge is -2.41. The molecule has 2 aromatic rings. The van der Waals surface area contributed by atoms with E-state index in [4.69, 9.17) is 4.74 Å². The third kappa shape index (κ3) is 2.97. The number of alkyl halides is 2. The lowest BCUT2D eigenvalue weighted by Crippen LogP contribution is -2.52. The summed E-state index contributed by atoms with van der Waals surface area (Å²) in [6.07, 6.45) is -1.00. The fourth-order valence-electron chi connectivity index (χ4n) is 4.19. The number of fused-ring (bicyclic) bond motifs is 2. The van der Waals surface area contributed by atoms with Gasteiger partial charge in [0.2, 0.25) is 0 Å². The molecule has 1 aromatic carbocycles. The zero-order valence-electron chi connectivity index (χ0n) is 15.3. The SMILES string of the molecule is Cc1nn(C)c(C(F)F)c1NC(=O)N1CCOC2(CCc3ccccc32)C1. The molecule has 1 atom stereocenters. The van der Waals surface area contributed by atoms with Gasteiger partial charge in [0.1, 0.15) is 11.3 Å². The number of benzene rings is 1. The Morgan fingerprint density at radius 2 is 2.15 bits per heavy atom. The van der Waals surface area contributed by atoms with Gasteiger partial charge in [-0.05, 0) is 30.9 Å². The molecule has 1 N–H and O–H groups in total. The fourth-order valence-corrected chi connectivity index (χ4v) is 4.19. The van der Waals surface area contributed by atoms with Gasteiger partial charge in [0.15, 0.2) is 0 Å². The minimum absolute atomic E-state index is 0.0878. The first kappa shape index (κ1) is 17.9. The Balaban J connectivity index is 1.56. The number of carbonyl (C=O) groups is 1. The van der Waals surface area contributed by atoms with E-state index in [1.807, 2.05) is 18.2 Å². The number of hydrogen-bond acceptors (Lipinski definition) is 3. The van der Waals surface area contributed by atoms with E-state index in [0.717, 1.165) is 23.1 Å². The summed E-state index contributed by atoms with van der Waals surface area (Å²) in [6.45, 7) is 2.84. The van der Waals surface area contributed by atoms with Gasteiger partial charge in [0.05, 0.1) is 24.5 Å². The standard InChI is InChI=1S/C19H22F2N4O2/c1-12-15(16(17(20)21)24(2)23-12)22-18(26)25-9-10-27-19(11-25)8-7-13-5-3-4-6-14(13)19/h3-6,17H,7-11H2,1-2H3,(H,22,26). The van der Waals surface area contributed by atoms with Crippen molar-refractivity contribution >= 4 is 11.7 Å². The Hall–Kier alpha value is -2.48. The van der Waals surface area contributed by atoms with Crippen molar-refractivity contribution in [2.24, 2.45) is 7.05 Å². The molecule has 8 heteroatoms. The number of carbonyl (C=O) groups excluding carboxylic acids is 1. The minimum Gasteiger partial charge on any atom is -0.367 e. The number of urea groups is 1. The number of nitrogens with zero attached hydrogens (tertiary/aromatic N) is 3. The van der Waals surface area contributed by atoms with E-state index in [9.17, 15) is 13.6 Å². The molecule has 27 heavy (non-hydrogen) atoms. The summed E-state index contributed by atoms with van der Waals surface area (Å²) in [6, 6.07) is 7.70. The lowest BCUT2D eigenvalue weighted by molar-refractivity contribution is -0.100. The van der Waals surface area contributed by atoms with Crippen LogP contribution in [0.3, 0.4) is 0 Å². The van der Waals surface area contributed by atoms with Crippen molar-refractivity contribution < 1.29 is 18.3 Å². The molecule has 2 aliphatic rings. The molecule has 1 aromatic heterocycles. The van der Waals surface area contributed by atoms with Gasteiger partial charge >= 0.3 is 6.03 Å². The predicted molar refractivity (Wildman–Crippen MR) is 95.9 cm³/mol. The van der Waals surface area contributed by atoms with E-state index in [0.29, 0.717) is 25.4 Å². The fraction of sp³-hybridized carbons (Fsp3) is 0.474. The molecule has 2 amide bonds. The monoisotopic (exact) mass is 376 g/mol. The molecule has 1 fully saturated rings. The summed E-state index contributed by atoms with van der Waals surface area (Å²) in [5, 5.41) is 6.66. The summed E-state index contributed by atoms with van der Waals surface area (Å²) in [4.78, 5) is 14.5. The van der Waals surface area contributed by atoms with Gasteiger partial charge < -0.3 is 15.0 Å². The molecule has 0 bridgehead atoms. The van der Waals surface area contributed by atoms with Crippen LogP contribution in [-0.2, 0) is 23.8 Å². The molecule has 1 aliphatic carbocycles. The highest BCUT2D eigenvalue weighted by Gasteiger charge is 2.44. The van der Waals surface area contributed by atoms with Gasteiger partial charge in [-0.25, -0.2) is 13.6 Å². The van der Waals surface area contributed by atoms with Crippen LogP contribution in [0.1, 0.15) is 35.4 Å². The Morgan fingerprint density at radius 1 is 1.37 bits per heavy atom. The summed E-state index contributed by atoms with van der Waals surface area (Å²) < 4.78 is 33.9. The van der Waals surface area contributed by atoms with Crippen LogP contribution in [-0.4, -0.2) is 40.4 Å². The zero-order chi connectivity index (χ0) is 19.2. The number of anilines is 1. The Morgan fingerprint density at radius 3 is 2.93 bits per heavy atom. The summed E-state index contributed by atoms with van der Waals surface area (Å²) in [7, 11) is 1.45. The number of ether oxygens (including phenoxy) is 1. The second kappa shape index (κ2) is 6.60. The quantitative estimate of drug-likeness (QED) is 0.874. The van der Waals surface area contributed by atoms with Crippen molar-refractivity contribution in [1.29, 1.82) is 0 Å². The van der Waals surface area contributed by atoms with Crippen molar-refractivity contribution in [3.05, 3.63) is 46.8 Å². The van der Waals surface area contributed by atoms with Crippen LogP contribution in [0.2, 0.25) is 0 Å². The summed E-state index contributed by atoms with van der Waals surface area (Å²) >= 11 is 0. The van der Waals surface area contributed by atoms with Crippen LogP contribution in [0.15, 0.2) is 24.3 Å². The summed E-state index contributed by atoms with van der Waals surface area (Å²) in [5.74, 6) is 0. The van der Waals surface area contributed by atoms with Gasteiger partial charge in [-0.1, -0.05) is 24.3 Å². The van der Waals surface area contributed by atoms with E-state index in [1.54, 1.807) is 11.8 Å². The molecular weight excluding hydrogens is 354 g/mol. The van der Waals surface area contributed by atoms with Gasteiger partial charge in [-0.3, -0.25) is 4.68 Å². The van der Waals surface area contributed by atoms with Crippen LogP contribution in [0.25, 0.3) is 0 Å². The lowest BCUT2D eigenvalue weighted by atomic mass is 9.94. The maximum Gasteiger partial charge on any atom is 0.322 e. The minimum atomic E-state index is -2.72. The first-order valence-electron chi connectivity index (χ1n) is 9.01. The van der Waals surface area contributed by atoms with E-state index in [-0.39, 0.29) is 11.4 Å². The van der Waals surface area contributed by atoms with E-state index in [1.165, 1.54) is 12.6 Å². The number of morpholine rings is 1. The van der Waals surface area contributed by atoms with Crippen LogP contribution in [0.4, 0.5) is 19.3 Å². The Kier molecular flexibility index (Phi) is 4.38. The van der Waals surface area contributed by atoms with Gasteiger partial charge in [-0.15, -0.1) is 0 Å². The number of hydrogen-bond donors (Lipinski definition) is 1. The van der Waals surface area contributed by atoms with Crippen LogP contribution in [0, 0.1) is 6.92 Å². The smallest absolute Gasteiger partial charge is 0.322 e. The second-order valence-corrected chi connectivity index (χ2v) is 7.12. The number of amides is 2. The molecule has 1 aliphatic heterocycles. The highest BCUT2D eigenvalue weighted by atomic mass is 19.3. The third-order valence-electron chi connectivity index (χ3n) is 5.48. The largest absolute Gasteiger partial charge is 0.367 e. The zero-order valence-corrected chi connectivity index (χ0v) is 15.3. The summed E-state index contributed by atoms with van der Waals surface area (Å²) in [5.41, 5.74) is 2.02. The average molecular weight is 376 g/mol. The first-order chi connectivity index (χ1) is 12.9. The van der Waals surface area contributed by atoms with Crippen molar-refractivity contribution in [3.8, 4) is 0 Å². The van der Waals surface area contributed by atoms with Crippen LogP contribution in [0.5, 0.6) is 0 Å². The van der Waals surface area contributed by atoms with Crippen LogP contribution < -0.4 is 5.32 Å². The molecular formula is C19H22F2N4O2. The van der Waals surface area contributed by atoms with Crippen molar-refractivity contribution in [2.45, 2.75) is 31.8 Å². The van der Waals surface area contributed by atoms with E-state index in [2.05, 4.69) is 16.5 Å². The molecule has 4 rings (SSSR count). The second-order valence-electron chi connectivity index (χ2n) is 7.12. The number of aromatic nitrogens is 2. The van der Waals surface area contributed by atoms with E-state index >= 15 is 0 Å². The highest BCUT2D eigenvalue weighted by Crippen LogP contribution is 2.42. The van der Waals surface area contributed by atoms with Crippen molar-refractivity contribution in [3.63, 3.8) is 0 Å².